The average molecular weight is 297 g/mol. The van der Waals surface area contributed by atoms with E-state index >= 15 is 0 Å². The Bertz CT molecular complexity index is 250. The Labute approximate surface area is 133 Å². The molecule has 1 heteroatoms. The molecule has 0 amide bonds. The summed E-state index contributed by atoms with van der Waals surface area (Å²) >= 11 is 0. The molecule has 0 spiro atoms. The Kier molecular flexibility index (Phi) is 9.64. The van der Waals surface area contributed by atoms with E-state index in [4.69, 9.17) is 0 Å². The van der Waals surface area contributed by atoms with Crippen molar-refractivity contribution in [2.45, 2.75) is 116 Å². The number of rotatable bonds is 11. The van der Waals surface area contributed by atoms with Crippen molar-refractivity contribution in [3.8, 4) is 0 Å². The van der Waals surface area contributed by atoms with Gasteiger partial charge in [-0.2, -0.15) is 0 Å². The summed E-state index contributed by atoms with van der Waals surface area (Å²) < 4.78 is 0. The normalized spacial score (nSPS) is 29.7. The fourth-order valence-electron chi connectivity index (χ4n) is 3.85. The lowest BCUT2D eigenvalue weighted by atomic mass is 9.71. The standard InChI is InChI=1S/C20H40O/c1-4-5-6-7-8-9-10-11-12-13-15-20(21)16-14-18(2)19(3)17-20/h18-19,21H,4-17H2,1-3H3. The van der Waals surface area contributed by atoms with Gasteiger partial charge in [0.15, 0.2) is 0 Å². The third-order valence-corrected chi connectivity index (χ3v) is 5.73. The molecule has 0 bridgehead atoms. The summed E-state index contributed by atoms with van der Waals surface area (Å²) in [6.45, 7) is 6.93. The first-order chi connectivity index (χ1) is 10.1. The SMILES string of the molecule is CCCCCCCCCCCCC1(O)CCC(C)C(C)C1. The molecule has 3 unspecified atom stereocenters. The van der Waals surface area contributed by atoms with Crippen LogP contribution in [0.2, 0.25) is 0 Å². The second kappa shape index (κ2) is 10.6. The van der Waals surface area contributed by atoms with Gasteiger partial charge in [0.25, 0.3) is 0 Å². The molecule has 0 aromatic rings. The summed E-state index contributed by atoms with van der Waals surface area (Å²) in [5.74, 6) is 1.50. The van der Waals surface area contributed by atoms with E-state index in [0.717, 1.165) is 25.2 Å². The summed E-state index contributed by atoms with van der Waals surface area (Å²) in [6.07, 6.45) is 18.1. The van der Waals surface area contributed by atoms with Crippen LogP contribution in [0.1, 0.15) is 111 Å². The lowest BCUT2D eigenvalue weighted by molar-refractivity contribution is -0.0367. The predicted octanol–water partition coefficient (Wildman–Crippen LogP) is 6.48. The number of unbranched alkanes of at least 4 members (excludes halogenated alkanes) is 9. The average Bonchev–Trinajstić information content (AvgIpc) is 2.45. The van der Waals surface area contributed by atoms with Gasteiger partial charge in [0.2, 0.25) is 0 Å². The molecule has 1 rings (SSSR count). The van der Waals surface area contributed by atoms with Crippen molar-refractivity contribution in [2.75, 3.05) is 0 Å². The number of aliphatic hydroxyl groups is 1. The summed E-state index contributed by atoms with van der Waals surface area (Å²) in [4.78, 5) is 0. The number of hydrogen-bond donors (Lipinski definition) is 1. The van der Waals surface area contributed by atoms with Crippen molar-refractivity contribution in [2.24, 2.45) is 11.8 Å². The maximum absolute atomic E-state index is 10.7. The molecule has 3 atom stereocenters. The smallest absolute Gasteiger partial charge is 0.0650 e. The van der Waals surface area contributed by atoms with Gasteiger partial charge in [0, 0.05) is 0 Å². The zero-order chi connectivity index (χ0) is 15.6. The van der Waals surface area contributed by atoms with Crippen molar-refractivity contribution in [1.29, 1.82) is 0 Å². The quantitative estimate of drug-likeness (QED) is 0.432. The Morgan fingerprint density at radius 3 is 1.86 bits per heavy atom. The van der Waals surface area contributed by atoms with Crippen LogP contribution in [0.5, 0.6) is 0 Å². The highest BCUT2D eigenvalue weighted by atomic mass is 16.3. The van der Waals surface area contributed by atoms with Gasteiger partial charge < -0.3 is 5.11 Å². The van der Waals surface area contributed by atoms with Crippen molar-refractivity contribution in [3.05, 3.63) is 0 Å². The topological polar surface area (TPSA) is 20.2 Å². The van der Waals surface area contributed by atoms with Crippen LogP contribution in [-0.4, -0.2) is 10.7 Å². The predicted molar refractivity (Wildman–Crippen MR) is 93.6 cm³/mol. The summed E-state index contributed by atoms with van der Waals surface area (Å²) in [5.41, 5.74) is -0.327. The molecule has 1 N–H and O–H groups in total. The van der Waals surface area contributed by atoms with E-state index in [9.17, 15) is 5.11 Å². The van der Waals surface area contributed by atoms with Crippen LogP contribution in [0, 0.1) is 11.8 Å². The van der Waals surface area contributed by atoms with Gasteiger partial charge in [-0.1, -0.05) is 85.0 Å². The molecular weight excluding hydrogens is 256 g/mol. The van der Waals surface area contributed by atoms with Gasteiger partial charge in [0.1, 0.15) is 0 Å². The maximum Gasteiger partial charge on any atom is 0.0650 e. The van der Waals surface area contributed by atoms with Gasteiger partial charge in [-0.25, -0.2) is 0 Å². The van der Waals surface area contributed by atoms with E-state index in [-0.39, 0.29) is 5.60 Å². The molecule has 126 valence electrons. The van der Waals surface area contributed by atoms with Crippen molar-refractivity contribution >= 4 is 0 Å². The maximum atomic E-state index is 10.7. The second-order valence-electron chi connectivity index (χ2n) is 7.85. The van der Waals surface area contributed by atoms with Crippen LogP contribution in [0.25, 0.3) is 0 Å². The van der Waals surface area contributed by atoms with Crippen LogP contribution >= 0.6 is 0 Å². The Morgan fingerprint density at radius 2 is 1.33 bits per heavy atom. The molecule has 1 fully saturated rings. The van der Waals surface area contributed by atoms with E-state index in [2.05, 4.69) is 20.8 Å². The van der Waals surface area contributed by atoms with Gasteiger partial charge in [-0.3, -0.25) is 0 Å². The third-order valence-electron chi connectivity index (χ3n) is 5.73. The van der Waals surface area contributed by atoms with E-state index in [1.165, 1.54) is 70.6 Å². The van der Waals surface area contributed by atoms with Crippen molar-refractivity contribution in [3.63, 3.8) is 0 Å². The molecule has 0 saturated heterocycles. The molecule has 1 aliphatic rings. The van der Waals surface area contributed by atoms with E-state index in [1.807, 2.05) is 0 Å². The molecule has 0 aromatic heterocycles. The van der Waals surface area contributed by atoms with Crippen LogP contribution in [0.3, 0.4) is 0 Å². The highest BCUT2D eigenvalue weighted by molar-refractivity contribution is 4.87. The van der Waals surface area contributed by atoms with E-state index < -0.39 is 0 Å². The van der Waals surface area contributed by atoms with Gasteiger partial charge in [0.05, 0.1) is 5.60 Å². The number of hydrogen-bond acceptors (Lipinski definition) is 1. The molecule has 0 heterocycles. The molecule has 1 aliphatic carbocycles. The summed E-state index contributed by atoms with van der Waals surface area (Å²) in [5, 5.41) is 10.7. The Balaban J connectivity index is 1.94. The van der Waals surface area contributed by atoms with Crippen molar-refractivity contribution in [1.82, 2.24) is 0 Å². The monoisotopic (exact) mass is 296 g/mol. The van der Waals surface area contributed by atoms with E-state index in [0.29, 0.717) is 5.92 Å². The zero-order valence-electron chi connectivity index (χ0n) is 15.0. The minimum absolute atomic E-state index is 0.327. The third kappa shape index (κ3) is 8.24. The molecule has 0 aliphatic heterocycles. The minimum atomic E-state index is -0.327. The first-order valence-corrected chi connectivity index (χ1v) is 9.80. The highest BCUT2D eigenvalue weighted by Crippen LogP contribution is 2.38. The van der Waals surface area contributed by atoms with Crippen molar-refractivity contribution < 1.29 is 5.11 Å². The lowest BCUT2D eigenvalue weighted by Gasteiger charge is -2.39. The zero-order valence-corrected chi connectivity index (χ0v) is 15.0. The first kappa shape index (κ1) is 19.0. The van der Waals surface area contributed by atoms with E-state index in [1.54, 1.807) is 0 Å². The lowest BCUT2D eigenvalue weighted by Crippen LogP contribution is -2.37. The molecule has 0 aromatic carbocycles. The fourth-order valence-corrected chi connectivity index (χ4v) is 3.85. The van der Waals surface area contributed by atoms with Crippen LogP contribution in [0.4, 0.5) is 0 Å². The Morgan fingerprint density at radius 1 is 0.810 bits per heavy atom. The van der Waals surface area contributed by atoms with Crippen LogP contribution in [0.15, 0.2) is 0 Å². The van der Waals surface area contributed by atoms with Gasteiger partial charge in [-0.05, 0) is 37.5 Å². The molecular formula is C20H40O. The van der Waals surface area contributed by atoms with Crippen LogP contribution in [-0.2, 0) is 0 Å². The molecule has 21 heavy (non-hydrogen) atoms. The second-order valence-corrected chi connectivity index (χ2v) is 7.85. The summed E-state index contributed by atoms with van der Waals surface area (Å²) in [7, 11) is 0. The Hall–Kier alpha value is -0.0400. The molecule has 0 radical (unpaired) electrons. The molecule has 1 nitrogen and oxygen atoms in total. The van der Waals surface area contributed by atoms with Crippen LogP contribution < -0.4 is 0 Å². The largest absolute Gasteiger partial charge is 0.390 e. The highest BCUT2D eigenvalue weighted by Gasteiger charge is 2.35. The fraction of sp³-hybridized carbons (Fsp3) is 1.00. The van der Waals surface area contributed by atoms with Gasteiger partial charge >= 0.3 is 0 Å². The summed E-state index contributed by atoms with van der Waals surface area (Å²) in [6, 6.07) is 0. The first-order valence-electron chi connectivity index (χ1n) is 9.80. The molecule has 1 saturated carbocycles. The van der Waals surface area contributed by atoms with Gasteiger partial charge in [-0.15, -0.1) is 0 Å². The minimum Gasteiger partial charge on any atom is -0.390 e.